The molecule has 0 saturated heterocycles. The van der Waals surface area contributed by atoms with Crippen LogP contribution in [0.1, 0.15) is 25.3 Å². The first-order valence-corrected chi connectivity index (χ1v) is 4.85. The third kappa shape index (κ3) is 2.20. The van der Waals surface area contributed by atoms with E-state index < -0.39 is 0 Å². The smallest absolute Gasteiger partial charge is 0.126 e. The van der Waals surface area contributed by atoms with Crippen molar-refractivity contribution in [1.82, 2.24) is 4.98 Å². The number of anilines is 1. The first kappa shape index (κ1) is 8.54. The summed E-state index contributed by atoms with van der Waals surface area (Å²) in [6, 6.07) is 4.11. The Balaban J connectivity index is 1.94. The summed E-state index contributed by atoms with van der Waals surface area (Å²) in [7, 11) is 0. The topological polar surface area (TPSA) is 24.9 Å². The second-order valence-corrected chi connectivity index (χ2v) is 4.38. The number of aromatic nitrogens is 1. The van der Waals surface area contributed by atoms with E-state index >= 15 is 0 Å². The van der Waals surface area contributed by atoms with E-state index in [9.17, 15) is 0 Å². The molecule has 0 amide bonds. The second-order valence-electron chi connectivity index (χ2n) is 4.38. The maximum Gasteiger partial charge on any atom is 0.126 e. The molecule has 1 aliphatic carbocycles. The van der Waals surface area contributed by atoms with Gasteiger partial charge in [0.15, 0.2) is 0 Å². The van der Waals surface area contributed by atoms with Crippen LogP contribution in [0.3, 0.4) is 0 Å². The number of pyridine rings is 1. The molecule has 1 N–H and O–H groups in total. The van der Waals surface area contributed by atoms with Gasteiger partial charge < -0.3 is 5.32 Å². The Morgan fingerprint density at radius 1 is 1.54 bits per heavy atom. The van der Waals surface area contributed by atoms with E-state index in [1.54, 1.807) is 0 Å². The molecular formula is C11H16N2. The average molecular weight is 176 g/mol. The molecule has 1 saturated carbocycles. The van der Waals surface area contributed by atoms with E-state index in [1.165, 1.54) is 18.4 Å². The van der Waals surface area contributed by atoms with Crippen LogP contribution >= 0.6 is 0 Å². The van der Waals surface area contributed by atoms with E-state index in [0.29, 0.717) is 5.41 Å². The monoisotopic (exact) mass is 176 g/mol. The number of hydrogen-bond acceptors (Lipinski definition) is 2. The zero-order valence-electron chi connectivity index (χ0n) is 8.30. The van der Waals surface area contributed by atoms with Crippen LogP contribution in [-0.2, 0) is 0 Å². The predicted molar refractivity (Wildman–Crippen MR) is 54.8 cm³/mol. The van der Waals surface area contributed by atoms with E-state index in [1.807, 2.05) is 12.3 Å². The molecule has 2 nitrogen and oxygen atoms in total. The maximum absolute atomic E-state index is 4.26. The van der Waals surface area contributed by atoms with Crippen LogP contribution in [0.25, 0.3) is 0 Å². The van der Waals surface area contributed by atoms with Crippen molar-refractivity contribution in [3.05, 3.63) is 23.9 Å². The minimum atomic E-state index is 0.547. The first-order valence-electron chi connectivity index (χ1n) is 4.85. The van der Waals surface area contributed by atoms with Gasteiger partial charge in [0, 0.05) is 12.7 Å². The summed E-state index contributed by atoms with van der Waals surface area (Å²) < 4.78 is 0. The highest BCUT2D eigenvalue weighted by Crippen LogP contribution is 2.44. The molecule has 0 bridgehead atoms. The molecule has 0 aromatic carbocycles. The van der Waals surface area contributed by atoms with Crippen molar-refractivity contribution in [2.45, 2.75) is 26.7 Å². The number of rotatable bonds is 3. The van der Waals surface area contributed by atoms with Crippen molar-refractivity contribution in [2.75, 3.05) is 11.9 Å². The van der Waals surface area contributed by atoms with Crippen LogP contribution in [0.15, 0.2) is 18.3 Å². The van der Waals surface area contributed by atoms with Crippen molar-refractivity contribution in [3.63, 3.8) is 0 Å². The lowest BCUT2D eigenvalue weighted by Crippen LogP contribution is -2.12. The highest BCUT2D eigenvalue weighted by molar-refractivity contribution is 5.37. The van der Waals surface area contributed by atoms with Crippen molar-refractivity contribution < 1.29 is 0 Å². The molecule has 0 atom stereocenters. The van der Waals surface area contributed by atoms with Crippen molar-refractivity contribution >= 4 is 5.82 Å². The van der Waals surface area contributed by atoms with Gasteiger partial charge in [-0.05, 0) is 42.9 Å². The summed E-state index contributed by atoms with van der Waals surface area (Å²) in [5.41, 5.74) is 1.81. The fraction of sp³-hybridized carbons (Fsp3) is 0.545. The van der Waals surface area contributed by atoms with Crippen molar-refractivity contribution in [1.29, 1.82) is 0 Å². The summed E-state index contributed by atoms with van der Waals surface area (Å²) in [5, 5.41) is 3.38. The summed E-state index contributed by atoms with van der Waals surface area (Å²) >= 11 is 0. The van der Waals surface area contributed by atoms with Gasteiger partial charge in [-0.3, -0.25) is 0 Å². The van der Waals surface area contributed by atoms with Crippen molar-refractivity contribution in [3.8, 4) is 0 Å². The second kappa shape index (κ2) is 3.02. The fourth-order valence-electron chi connectivity index (χ4n) is 1.33. The molecule has 2 heteroatoms. The molecule has 1 fully saturated rings. The van der Waals surface area contributed by atoms with Crippen LogP contribution in [0, 0.1) is 12.3 Å². The quantitative estimate of drug-likeness (QED) is 0.765. The van der Waals surface area contributed by atoms with Gasteiger partial charge in [0.1, 0.15) is 5.82 Å². The third-order valence-corrected chi connectivity index (χ3v) is 2.72. The van der Waals surface area contributed by atoms with Gasteiger partial charge in [0.25, 0.3) is 0 Å². The van der Waals surface area contributed by atoms with Crippen LogP contribution in [0.4, 0.5) is 5.82 Å². The van der Waals surface area contributed by atoms with Gasteiger partial charge in [-0.2, -0.15) is 0 Å². The van der Waals surface area contributed by atoms with Crippen LogP contribution in [0.5, 0.6) is 0 Å². The molecule has 13 heavy (non-hydrogen) atoms. The van der Waals surface area contributed by atoms with Crippen LogP contribution in [0.2, 0.25) is 0 Å². The predicted octanol–water partition coefficient (Wildman–Crippen LogP) is 2.60. The largest absolute Gasteiger partial charge is 0.370 e. The molecule has 0 unspecified atom stereocenters. The highest BCUT2D eigenvalue weighted by Gasteiger charge is 2.36. The van der Waals surface area contributed by atoms with Gasteiger partial charge >= 0.3 is 0 Å². The lowest BCUT2D eigenvalue weighted by Gasteiger charge is -2.10. The highest BCUT2D eigenvalue weighted by atomic mass is 15.0. The zero-order chi connectivity index (χ0) is 9.31. The summed E-state index contributed by atoms with van der Waals surface area (Å²) in [4.78, 5) is 4.26. The standard InChI is InChI=1S/C11H16N2/c1-9-3-6-12-10(7-9)13-8-11(2)4-5-11/h3,6-7H,4-5,8H2,1-2H3,(H,12,13). The number of hydrogen-bond donors (Lipinski definition) is 1. The van der Waals surface area contributed by atoms with Crippen LogP contribution < -0.4 is 5.32 Å². The summed E-state index contributed by atoms with van der Waals surface area (Å²) in [5.74, 6) is 1.01. The van der Waals surface area contributed by atoms with E-state index in [0.717, 1.165) is 12.4 Å². The van der Waals surface area contributed by atoms with E-state index in [-0.39, 0.29) is 0 Å². The van der Waals surface area contributed by atoms with Crippen LogP contribution in [-0.4, -0.2) is 11.5 Å². The molecule has 0 aliphatic heterocycles. The molecule has 1 aromatic heterocycles. The van der Waals surface area contributed by atoms with E-state index in [4.69, 9.17) is 0 Å². The van der Waals surface area contributed by atoms with Gasteiger partial charge in [-0.25, -0.2) is 4.98 Å². The van der Waals surface area contributed by atoms with Gasteiger partial charge in [0.2, 0.25) is 0 Å². The van der Waals surface area contributed by atoms with E-state index in [2.05, 4.69) is 30.2 Å². The van der Waals surface area contributed by atoms with Gasteiger partial charge in [-0.15, -0.1) is 0 Å². The van der Waals surface area contributed by atoms with Gasteiger partial charge in [0.05, 0.1) is 0 Å². The minimum absolute atomic E-state index is 0.547. The first-order chi connectivity index (χ1) is 6.18. The third-order valence-electron chi connectivity index (χ3n) is 2.72. The zero-order valence-corrected chi connectivity index (χ0v) is 8.30. The maximum atomic E-state index is 4.26. The number of aryl methyl sites for hydroxylation is 1. The molecule has 70 valence electrons. The Morgan fingerprint density at radius 3 is 2.92 bits per heavy atom. The number of nitrogens with zero attached hydrogens (tertiary/aromatic N) is 1. The minimum Gasteiger partial charge on any atom is -0.370 e. The van der Waals surface area contributed by atoms with Gasteiger partial charge in [-0.1, -0.05) is 6.92 Å². The summed E-state index contributed by atoms with van der Waals surface area (Å²) in [6.45, 7) is 5.46. The molecule has 2 rings (SSSR count). The Kier molecular flexibility index (Phi) is 1.98. The fourth-order valence-corrected chi connectivity index (χ4v) is 1.33. The molecule has 1 aliphatic rings. The lowest BCUT2D eigenvalue weighted by molar-refractivity contribution is 0.609. The Hall–Kier alpha value is -1.05. The number of nitrogens with one attached hydrogen (secondary N) is 1. The molecule has 0 spiro atoms. The lowest BCUT2D eigenvalue weighted by atomic mass is 10.1. The molecule has 1 aromatic rings. The Labute approximate surface area is 79.4 Å². The molecule has 1 heterocycles. The average Bonchev–Trinajstić information content (AvgIpc) is 2.82. The SMILES string of the molecule is Cc1ccnc(NCC2(C)CC2)c1. The van der Waals surface area contributed by atoms with Crippen molar-refractivity contribution in [2.24, 2.45) is 5.41 Å². The normalized spacial score (nSPS) is 18.3. The molecular weight excluding hydrogens is 160 g/mol. The Morgan fingerprint density at radius 2 is 2.31 bits per heavy atom. The Bertz CT molecular complexity index is 303. The summed E-state index contributed by atoms with van der Waals surface area (Å²) in [6.07, 6.45) is 4.56. The molecule has 0 radical (unpaired) electrons.